The van der Waals surface area contributed by atoms with Gasteiger partial charge in [0.15, 0.2) is 0 Å². The van der Waals surface area contributed by atoms with Crippen molar-refractivity contribution in [1.82, 2.24) is 5.43 Å². The minimum Gasteiger partial charge on any atom is -0.322 e. The fourth-order valence-electron chi connectivity index (χ4n) is 3.22. The van der Waals surface area contributed by atoms with Gasteiger partial charge in [0.25, 0.3) is 11.8 Å². The van der Waals surface area contributed by atoms with Crippen LogP contribution in [0.3, 0.4) is 0 Å². The highest BCUT2D eigenvalue weighted by molar-refractivity contribution is 7.92. The van der Waals surface area contributed by atoms with E-state index in [0.29, 0.717) is 28.2 Å². The summed E-state index contributed by atoms with van der Waals surface area (Å²) >= 11 is 0. The van der Waals surface area contributed by atoms with Crippen molar-refractivity contribution in [3.8, 4) is 0 Å². The Morgan fingerprint density at radius 3 is 2.24 bits per heavy atom. The van der Waals surface area contributed by atoms with Gasteiger partial charge in [-0.05, 0) is 55.3 Å². The smallest absolute Gasteiger partial charge is 0.260 e. The molecule has 0 unspecified atom stereocenters. The molecule has 2 N–H and O–H groups in total. The number of hydrazone groups is 1. The van der Waals surface area contributed by atoms with Gasteiger partial charge < -0.3 is 5.32 Å². The van der Waals surface area contributed by atoms with E-state index in [1.807, 2.05) is 6.07 Å². The van der Waals surface area contributed by atoms with Gasteiger partial charge in [-0.25, -0.2) is 13.8 Å². The molecule has 0 atom stereocenters. The molecule has 0 radical (unpaired) electrons. The lowest BCUT2D eigenvalue weighted by molar-refractivity contribution is -0.119. The predicted molar refractivity (Wildman–Crippen MR) is 135 cm³/mol. The number of nitrogens with one attached hydrogen (secondary N) is 2. The second kappa shape index (κ2) is 10.8. The molecular weight excluding hydrogens is 452 g/mol. The van der Waals surface area contributed by atoms with Crippen molar-refractivity contribution < 1.29 is 18.0 Å². The zero-order valence-electron chi connectivity index (χ0n) is 19.1. The fraction of sp³-hybridized carbons (Fsp3) is 0.160. The number of aryl methyl sites for hydroxylation is 1. The zero-order chi connectivity index (χ0) is 24.7. The van der Waals surface area contributed by atoms with Gasteiger partial charge in [0, 0.05) is 11.3 Å². The topological polar surface area (TPSA) is 108 Å². The number of sulfonamides is 1. The van der Waals surface area contributed by atoms with E-state index in [2.05, 4.69) is 15.8 Å². The summed E-state index contributed by atoms with van der Waals surface area (Å²) in [6.07, 6.45) is 1.05. The number of amides is 2. The molecule has 0 bridgehead atoms. The number of carbonyl (C=O) groups is 2. The summed E-state index contributed by atoms with van der Waals surface area (Å²) < 4.78 is 25.6. The SMILES string of the molecule is C/C(=N/NC(=O)CN(c1ccccc1C)S(C)(=O)=O)c1cccc(NC(=O)c2ccccc2)c1. The second-order valence-corrected chi connectivity index (χ2v) is 9.60. The lowest BCUT2D eigenvalue weighted by Crippen LogP contribution is -2.39. The van der Waals surface area contributed by atoms with E-state index in [1.165, 1.54) is 0 Å². The Kier molecular flexibility index (Phi) is 7.80. The first-order valence-electron chi connectivity index (χ1n) is 10.5. The van der Waals surface area contributed by atoms with E-state index in [4.69, 9.17) is 0 Å². The quantitative estimate of drug-likeness (QED) is 0.381. The van der Waals surface area contributed by atoms with Crippen molar-refractivity contribution in [2.45, 2.75) is 13.8 Å². The molecule has 3 rings (SSSR count). The fourth-order valence-corrected chi connectivity index (χ4v) is 4.13. The molecule has 2 amide bonds. The molecular formula is C25H26N4O4S. The minimum absolute atomic E-state index is 0.238. The van der Waals surface area contributed by atoms with Crippen LogP contribution in [0, 0.1) is 6.92 Å². The van der Waals surface area contributed by atoms with E-state index >= 15 is 0 Å². The van der Waals surface area contributed by atoms with Gasteiger partial charge in [-0.2, -0.15) is 5.10 Å². The third kappa shape index (κ3) is 6.52. The summed E-state index contributed by atoms with van der Waals surface area (Å²) in [5.74, 6) is -0.820. The average Bonchev–Trinajstić information content (AvgIpc) is 2.81. The van der Waals surface area contributed by atoms with Gasteiger partial charge in [0.2, 0.25) is 10.0 Å². The normalized spacial score (nSPS) is 11.6. The van der Waals surface area contributed by atoms with Crippen molar-refractivity contribution in [1.29, 1.82) is 0 Å². The first-order chi connectivity index (χ1) is 16.1. The van der Waals surface area contributed by atoms with Crippen LogP contribution in [0.4, 0.5) is 11.4 Å². The van der Waals surface area contributed by atoms with Crippen LogP contribution in [0.25, 0.3) is 0 Å². The molecule has 9 heteroatoms. The molecule has 0 fully saturated rings. The molecule has 0 heterocycles. The van der Waals surface area contributed by atoms with Crippen LogP contribution in [0.2, 0.25) is 0 Å². The lowest BCUT2D eigenvalue weighted by Gasteiger charge is -2.23. The average molecular weight is 479 g/mol. The van der Waals surface area contributed by atoms with Crippen molar-refractivity contribution in [2.24, 2.45) is 5.10 Å². The maximum Gasteiger partial charge on any atom is 0.260 e. The first-order valence-corrected chi connectivity index (χ1v) is 12.3. The van der Waals surface area contributed by atoms with Gasteiger partial charge >= 0.3 is 0 Å². The molecule has 0 saturated heterocycles. The first kappa shape index (κ1) is 24.7. The summed E-state index contributed by atoms with van der Waals surface area (Å²) in [5, 5.41) is 6.94. The Bertz CT molecular complexity index is 1320. The summed E-state index contributed by atoms with van der Waals surface area (Å²) in [5.41, 5.74) is 5.87. The van der Waals surface area contributed by atoms with Crippen molar-refractivity contribution in [2.75, 3.05) is 22.4 Å². The third-order valence-electron chi connectivity index (χ3n) is 4.99. The van der Waals surface area contributed by atoms with Gasteiger partial charge in [0.05, 0.1) is 17.7 Å². The summed E-state index contributed by atoms with van der Waals surface area (Å²) in [7, 11) is -3.68. The van der Waals surface area contributed by atoms with Gasteiger partial charge in [-0.15, -0.1) is 0 Å². The predicted octanol–water partition coefficient (Wildman–Crippen LogP) is 3.55. The molecule has 8 nitrogen and oxygen atoms in total. The number of hydrogen-bond donors (Lipinski definition) is 2. The highest BCUT2D eigenvalue weighted by atomic mass is 32.2. The third-order valence-corrected chi connectivity index (χ3v) is 6.12. The van der Waals surface area contributed by atoms with Gasteiger partial charge in [0.1, 0.15) is 6.54 Å². The zero-order valence-corrected chi connectivity index (χ0v) is 20.0. The Hall–Kier alpha value is -3.98. The molecule has 0 saturated carbocycles. The number of benzene rings is 3. The van der Waals surface area contributed by atoms with Gasteiger partial charge in [-0.1, -0.05) is 48.5 Å². The Balaban J connectivity index is 1.69. The summed E-state index contributed by atoms with van der Waals surface area (Å²) in [6.45, 7) is 3.07. The number of carbonyl (C=O) groups excluding carboxylic acids is 2. The maximum absolute atomic E-state index is 12.5. The van der Waals surface area contributed by atoms with Crippen LogP contribution in [0.1, 0.15) is 28.4 Å². The van der Waals surface area contributed by atoms with E-state index in [1.54, 1.807) is 86.6 Å². The van der Waals surface area contributed by atoms with Crippen molar-refractivity contribution in [3.05, 3.63) is 95.6 Å². The number of anilines is 2. The van der Waals surface area contributed by atoms with Crippen LogP contribution >= 0.6 is 0 Å². The van der Waals surface area contributed by atoms with Gasteiger partial charge in [-0.3, -0.25) is 13.9 Å². The number of rotatable bonds is 8. The summed E-state index contributed by atoms with van der Waals surface area (Å²) in [4.78, 5) is 24.9. The van der Waals surface area contributed by atoms with Crippen LogP contribution in [0.15, 0.2) is 84.0 Å². The Labute approximate surface area is 199 Å². The standard InChI is InChI=1S/C25H26N4O4S/c1-18-10-7-8-15-23(18)29(34(3,32)33)17-24(30)28-27-19(2)21-13-9-14-22(16-21)26-25(31)20-11-5-4-6-12-20/h4-16H,17H2,1-3H3,(H,26,31)(H,28,30)/b27-19-. The highest BCUT2D eigenvalue weighted by Crippen LogP contribution is 2.21. The lowest BCUT2D eigenvalue weighted by atomic mass is 10.1. The molecule has 0 aliphatic carbocycles. The molecule has 0 aliphatic heterocycles. The molecule has 0 aliphatic rings. The minimum atomic E-state index is -3.68. The molecule has 3 aromatic rings. The second-order valence-electron chi connectivity index (χ2n) is 7.69. The van der Waals surface area contributed by atoms with Crippen LogP contribution in [-0.2, 0) is 14.8 Å². The largest absolute Gasteiger partial charge is 0.322 e. The van der Waals surface area contributed by atoms with E-state index < -0.39 is 22.5 Å². The molecule has 0 aromatic heterocycles. The van der Waals surface area contributed by atoms with Crippen molar-refractivity contribution in [3.63, 3.8) is 0 Å². The van der Waals surface area contributed by atoms with Crippen LogP contribution in [-0.4, -0.2) is 38.7 Å². The van der Waals surface area contributed by atoms with Crippen LogP contribution in [0.5, 0.6) is 0 Å². The summed E-state index contributed by atoms with van der Waals surface area (Å²) in [6, 6.07) is 22.8. The maximum atomic E-state index is 12.5. The van der Waals surface area contributed by atoms with E-state index in [9.17, 15) is 18.0 Å². The number of nitrogens with zero attached hydrogens (tertiary/aromatic N) is 2. The number of para-hydroxylation sites is 1. The van der Waals surface area contributed by atoms with Crippen LogP contribution < -0.4 is 15.0 Å². The monoisotopic (exact) mass is 478 g/mol. The van der Waals surface area contributed by atoms with Crippen molar-refractivity contribution >= 4 is 38.9 Å². The van der Waals surface area contributed by atoms with E-state index in [-0.39, 0.29) is 5.91 Å². The molecule has 3 aromatic carbocycles. The molecule has 34 heavy (non-hydrogen) atoms. The molecule has 176 valence electrons. The highest BCUT2D eigenvalue weighted by Gasteiger charge is 2.22. The Morgan fingerprint density at radius 1 is 0.912 bits per heavy atom. The number of hydrogen-bond acceptors (Lipinski definition) is 5. The molecule has 0 spiro atoms. The Morgan fingerprint density at radius 2 is 1.56 bits per heavy atom. The van der Waals surface area contributed by atoms with E-state index in [0.717, 1.165) is 16.1 Å².